The molecule has 0 spiro atoms. The molecule has 0 radical (unpaired) electrons. The Morgan fingerprint density at radius 1 is 1.37 bits per heavy atom. The maximum absolute atomic E-state index is 10.2. The van der Waals surface area contributed by atoms with Gasteiger partial charge in [-0.2, -0.15) is 0 Å². The number of hydrogen-bond donors (Lipinski definition) is 0. The molecule has 98 valence electrons. The Balaban J connectivity index is 0. The summed E-state index contributed by atoms with van der Waals surface area (Å²) in [6.45, 7) is 5.28. The standard InChI is InChI=1S/C11H15BNO.C2H3O2.Y/c1-10-3-5-11(6-4-10)7-8-13(2)9-12-14;1-4-2-3;/h3-6,8H,7,9H2,1-2H3;1H3;/q2*-1;+3. The molecule has 4 nitrogen and oxygen atoms in total. The van der Waals surface area contributed by atoms with Gasteiger partial charge >= 0.3 is 118 Å². The Labute approximate surface area is 141 Å². The monoisotopic (exact) mass is 336 g/mol. The molecule has 6 heteroatoms. The summed E-state index contributed by atoms with van der Waals surface area (Å²) in [6.07, 6.45) is 1.34. The van der Waals surface area contributed by atoms with Gasteiger partial charge in [0.05, 0.1) is 0 Å². The number of nitrogens with zero attached hydrogens (tertiary/aromatic N) is 1. The Morgan fingerprint density at radius 3 is 2.32 bits per heavy atom. The predicted octanol–water partition coefficient (Wildman–Crippen LogP) is 1.34. The maximum atomic E-state index is 10.2. The Morgan fingerprint density at radius 2 is 1.89 bits per heavy atom. The molecule has 19 heavy (non-hydrogen) atoms. The number of carbonyl (C=O) groups excluding carboxylic acids is 1. The van der Waals surface area contributed by atoms with E-state index in [1.54, 1.807) is 0 Å². The normalized spacial score (nSPS) is 8.63. The summed E-state index contributed by atoms with van der Waals surface area (Å²) in [5.74, 6) is 0. The molecule has 0 amide bonds. The molecule has 1 aromatic rings. The molecule has 0 unspecified atom stereocenters. The first-order valence-corrected chi connectivity index (χ1v) is 5.57. The quantitative estimate of drug-likeness (QED) is 0.581. The van der Waals surface area contributed by atoms with Gasteiger partial charge in [-0.25, -0.2) is 0 Å². The average molecular weight is 336 g/mol. The summed E-state index contributed by atoms with van der Waals surface area (Å²) < 4.78 is 13.9. The largest absolute Gasteiger partial charge is 3.00 e. The maximum Gasteiger partial charge on any atom is 3.00 e. The van der Waals surface area contributed by atoms with Gasteiger partial charge in [-0.3, -0.25) is 0 Å². The summed E-state index contributed by atoms with van der Waals surface area (Å²) in [5, 5.41) is 0. The van der Waals surface area contributed by atoms with Crippen molar-refractivity contribution < 1.29 is 46.9 Å². The fourth-order valence-corrected chi connectivity index (χ4v) is 1.18. The van der Waals surface area contributed by atoms with Crippen LogP contribution >= 0.6 is 0 Å². The van der Waals surface area contributed by atoms with Crippen molar-refractivity contribution in [2.24, 2.45) is 0 Å². The van der Waals surface area contributed by atoms with Crippen molar-refractivity contribution in [1.29, 1.82) is 0 Å². The summed E-state index contributed by atoms with van der Waals surface area (Å²) in [5.41, 5.74) is 2.54. The van der Waals surface area contributed by atoms with Crippen molar-refractivity contribution in [3.63, 3.8) is 0 Å². The van der Waals surface area contributed by atoms with E-state index in [9.17, 15) is 4.70 Å². The molecule has 0 fully saturated rings. The third-order valence-corrected chi connectivity index (χ3v) is 2.21. The third-order valence-electron chi connectivity index (χ3n) is 2.21. The predicted molar refractivity (Wildman–Crippen MR) is 71.0 cm³/mol. The van der Waals surface area contributed by atoms with Gasteiger partial charge in [0.1, 0.15) is 0 Å². The Hall–Kier alpha value is -0.381. The van der Waals surface area contributed by atoms with Crippen LogP contribution in [0.2, 0.25) is 0 Å². The molecule has 0 saturated heterocycles. The van der Waals surface area contributed by atoms with Gasteiger partial charge in [-0.15, -0.1) is 0 Å². The summed E-state index contributed by atoms with van der Waals surface area (Å²) in [7, 11) is 4.07. The van der Waals surface area contributed by atoms with E-state index in [1.165, 1.54) is 24.7 Å². The van der Waals surface area contributed by atoms with Crippen molar-refractivity contribution in [2.75, 3.05) is 20.6 Å². The molecule has 0 saturated carbocycles. The van der Waals surface area contributed by atoms with Crippen LogP contribution < -0.4 is 0 Å². The minimum atomic E-state index is 0. The number of rotatable bonds is 6. The molecule has 0 aliphatic carbocycles. The van der Waals surface area contributed by atoms with Crippen LogP contribution in [0.15, 0.2) is 24.3 Å². The first kappa shape index (κ1) is 20.9. The van der Waals surface area contributed by atoms with E-state index in [2.05, 4.69) is 35.9 Å². The topological polar surface area (TPSA) is 46.6 Å². The van der Waals surface area contributed by atoms with E-state index < -0.39 is 0 Å². The number of hydrogen-bond acceptors (Lipinski definition) is 4. The van der Waals surface area contributed by atoms with E-state index in [4.69, 9.17) is 4.79 Å². The minimum Gasteiger partial charge on any atom is 3.00 e. The fraction of sp³-hybridized carbons (Fsp3) is 0.385. The minimum absolute atomic E-state index is 0. The molecule has 0 bridgehead atoms. The van der Waals surface area contributed by atoms with E-state index in [0.717, 1.165) is 13.6 Å². The SMILES string of the molecule is CO[C-]=O.Cc1ccc(C[CH-]N(C)CB=O)cc1.[Y+3]. The van der Waals surface area contributed by atoms with Gasteiger partial charge in [0.2, 0.25) is 0 Å². The van der Waals surface area contributed by atoms with Crippen LogP contribution in [-0.4, -0.2) is 39.1 Å². The van der Waals surface area contributed by atoms with Gasteiger partial charge in [0.15, 0.2) is 0 Å². The zero-order chi connectivity index (χ0) is 13.8. The summed E-state index contributed by atoms with van der Waals surface area (Å²) in [4.78, 5) is 10.7. The van der Waals surface area contributed by atoms with Crippen molar-refractivity contribution in [1.82, 2.24) is 4.90 Å². The van der Waals surface area contributed by atoms with E-state index in [0.29, 0.717) is 6.44 Å². The van der Waals surface area contributed by atoms with Crippen molar-refractivity contribution >= 4 is 13.6 Å². The van der Waals surface area contributed by atoms with Crippen molar-refractivity contribution in [3.05, 3.63) is 41.9 Å². The molecule has 0 N–H and O–H groups in total. The van der Waals surface area contributed by atoms with Crippen LogP contribution in [0.3, 0.4) is 0 Å². The number of benzene rings is 1. The molecule has 1 rings (SSSR count). The van der Waals surface area contributed by atoms with E-state index >= 15 is 0 Å². The molecule has 0 aromatic heterocycles. The molecular weight excluding hydrogens is 318 g/mol. The van der Waals surface area contributed by atoms with Crippen molar-refractivity contribution in [2.45, 2.75) is 13.3 Å². The summed E-state index contributed by atoms with van der Waals surface area (Å²) in [6, 6.07) is 8.42. The number of aryl methyl sites for hydroxylation is 1. The second-order valence-electron chi connectivity index (χ2n) is 3.77. The van der Waals surface area contributed by atoms with Crippen LogP contribution in [0.4, 0.5) is 0 Å². The third kappa shape index (κ3) is 12.4. The zero-order valence-electron chi connectivity index (χ0n) is 11.6. The molecule has 0 aliphatic heterocycles. The van der Waals surface area contributed by atoms with Crippen LogP contribution in [0.1, 0.15) is 11.1 Å². The average Bonchev–Trinajstić information content (AvgIpc) is 2.39. The summed E-state index contributed by atoms with van der Waals surface area (Å²) >= 11 is 0. The smallest absolute Gasteiger partial charge is 3.00 e. The first-order chi connectivity index (χ1) is 8.63. The van der Waals surface area contributed by atoms with Crippen LogP contribution in [-0.2, 0) is 53.4 Å². The zero-order valence-corrected chi connectivity index (χ0v) is 14.5. The van der Waals surface area contributed by atoms with Crippen LogP contribution in [0, 0.1) is 13.5 Å². The van der Waals surface area contributed by atoms with Gasteiger partial charge < -0.3 is 9.53 Å². The molecule has 0 atom stereocenters. The van der Waals surface area contributed by atoms with E-state index in [1.807, 2.05) is 18.5 Å². The number of ether oxygens (including phenoxy) is 1. The van der Waals surface area contributed by atoms with E-state index in [-0.39, 0.29) is 32.7 Å². The second kappa shape index (κ2) is 14.0. The van der Waals surface area contributed by atoms with Crippen molar-refractivity contribution in [3.8, 4) is 0 Å². The second-order valence-corrected chi connectivity index (χ2v) is 3.77. The van der Waals surface area contributed by atoms with Gasteiger partial charge in [0.25, 0.3) is 0 Å². The van der Waals surface area contributed by atoms with Crippen LogP contribution in [0.5, 0.6) is 0 Å². The molecule has 0 heterocycles. The number of methoxy groups -OCH3 is 1. The Kier molecular flexibility index (Phi) is 15.5. The number of likely N-dealkylation sites (N-methyl/N-ethyl adjacent to an activating group) is 1. The van der Waals surface area contributed by atoms with Crippen LogP contribution in [0.25, 0.3) is 0 Å². The van der Waals surface area contributed by atoms with Gasteiger partial charge in [0, 0.05) is 7.11 Å². The molecule has 1 aromatic carbocycles. The molecular formula is C13H18BNO3Y+. The Bertz CT molecular complexity index is 346. The van der Waals surface area contributed by atoms with Gasteiger partial charge in [-0.1, -0.05) is 6.47 Å². The van der Waals surface area contributed by atoms with Gasteiger partial charge in [-0.05, 0) is 0 Å². The molecule has 0 aliphatic rings. The first-order valence-electron chi connectivity index (χ1n) is 5.57. The fourth-order valence-electron chi connectivity index (χ4n) is 1.18.